The van der Waals surface area contributed by atoms with Crippen molar-refractivity contribution in [1.82, 2.24) is 15.5 Å². The molecule has 3 atom stereocenters. The monoisotopic (exact) mass is 328 g/mol. The number of thioether (sulfide) groups is 1. The fourth-order valence-corrected chi connectivity index (χ4v) is 4.49. The normalized spacial score (nSPS) is 23.6. The number of hydrogen-bond donors (Lipinski definition) is 2. The van der Waals surface area contributed by atoms with E-state index in [1.165, 1.54) is 42.4 Å². The summed E-state index contributed by atoms with van der Waals surface area (Å²) < 4.78 is 0.838. The van der Waals surface area contributed by atoms with Gasteiger partial charge < -0.3 is 10.6 Å². The van der Waals surface area contributed by atoms with Crippen LogP contribution in [0.25, 0.3) is 0 Å². The maximum Gasteiger partial charge on any atom is 0.233 e. The minimum atomic E-state index is -0.137. The van der Waals surface area contributed by atoms with Gasteiger partial charge in [-0.3, -0.25) is 4.79 Å². The Morgan fingerprint density at radius 1 is 1.43 bits per heavy atom. The Morgan fingerprint density at radius 3 is 2.90 bits per heavy atom. The van der Waals surface area contributed by atoms with Gasteiger partial charge in [0.1, 0.15) is 0 Å². The van der Waals surface area contributed by atoms with Crippen LogP contribution in [0.1, 0.15) is 46.5 Å². The van der Waals surface area contributed by atoms with Crippen LogP contribution < -0.4 is 10.6 Å². The smallest absolute Gasteiger partial charge is 0.233 e. The average Bonchev–Trinajstić information content (AvgIpc) is 2.89. The van der Waals surface area contributed by atoms with Crippen molar-refractivity contribution in [2.75, 3.05) is 11.9 Å². The van der Waals surface area contributed by atoms with Crippen LogP contribution in [0.2, 0.25) is 0 Å². The van der Waals surface area contributed by atoms with Gasteiger partial charge in [-0.2, -0.15) is 0 Å². The Hall–Kier alpha value is -0.820. The summed E-state index contributed by atoms with van der Waals surface area (Å²) in [5, 5.41) is 15.2. The van der Waals surface area contributed by atoms with Gasteiger partial charge in [-0.15, -0.1) is 10.2 Å². The topological polar surface area (TPSA) is 66.9 Å². The lowest BCUT2D eigenvalue weighted by Gasteiger charge is -2.30. The standard InChI is InChI=1S/C14H24N4OS2/c1-4-15-13-17-18-14(21-13)20-10(3)12(19)16-11-8-6-5-7-9(11)2/h9-11H,4-8H2,1-3H3,(H,15,17)(H,16,19)/t9-,10-,11+/m0/s1. The first-order valence-corrected chi connectivity index (χ1v) is 9.34. The lowest BCUT2D eigenvalue weighted by atomic mass is 9.86. The molecule has 0 spiro atoms. The van der Waals surface area contributed by atoms with Crippen molar-refractivity contribution >= 4 is 34.1 Å². The fraction of sp³-hybridized carbons (Fsp3) is 0.786. The summed E-state index contributed by atoms with van der Waals surface area (Å²) >= 11 is 2.98. The van der Waals surface area contributed by atoms with Crippen LogP contribution in [0.15, 0.2) is 4.34 Å². The Kier molecular flexibility index (Phi) is 6.29. The van der Waals surface area contributed by atoms with E-state index in [1.54, 1.807) is 0 Å². The lowest BCUT2D eigenvalue weighted by Crippen LogP contribution is -2.44. The van der Waals surface area contributed by atoms with E-state index in [2.05, 4.69) is 27.8 Å². The van der Waals surface area contributed by atoms with Gasteiger partial charge in [0.25, 0.3) is 0 Å². The SMILES string of the molecule is CCNc1nnc(S[C@@H](C)C(=O)N[C@@H]2CCCC[C@@H]2C)s1. The van der Waals surface area contributed by atoms with Gasteiger partial charge in [0.05, 0.1) is 5.25 Å². The van der Waals surface area contributed by atoms with E-state index in [0.29, 0.717) is 12.0 Å². The second-order valence-electron chi connectivity index (χ2n) is 5.54. The van der Waals surface area contributed by atoms with E-state index in [1.807, 2.05) is 13.8 Å². The number of amides is 1. The van der Waals surface area contributed by atoms with Crippen LogP contribution in [-0.2, 0) is 4.79 Å². The third-order valence-corrected chi connectivity index (χ3v) is 5.89. The van der Waals surface area contributed by atoms with Gasteiger partial charge in [-0.05, 0) is 32.6 Å². The zero-order valence-corrected chi connectivity index (χ0v) is 14.5. The number of carbonyl (C=O) groups excluding carboxylic acids is 1. The van der Waals surface area contributed by atoms with Crippen LogP contribution in [0.4, 0.5) is 5.13 Å². The summed E-state index contributed by atoms with van der Waals surface area (Å²) in [5.41, 5.74) is 0. The minimum Gasteiger partial charge on any atom is -0.360 e. The molecule has 1 amide bonds. The maximum absolute atomic E-state index is 12.3. The summed E-state index contributed by atoms with van der Waals surface area (Å²) in [4.78, 5) is 12.3. The number of hydrogen-bond acceptors (Lipinski definition) is 6. The number of nitrogens with zero attached hydrogens (tertiary/aromatic N) is 2. The van der Waals surface area contributed by atoms with Gasteiger partial charge in [0, 0.05) is 12.6 Å². The number of nitrogens with one attached hydrogen (secondary N) is 2. The highest BCUT2D eigenvalue weighted by Crippen LogP contribution is 2.29. The highest BCUT2D eigenvalue weighted by atomic mass is 32.2. The van der Waals surface area contributed by atoms with Gasteiger partial charge in [0.2, 0.25) is 11.0 Å². The van der Waals surface area contributed by atoms with Crippen molar-refractivity contribution in [1.29, 1.82) is 0 Å². The molecule has 7 heteroatoms. The molecular formula is C14H24N4OS2. The molecule has 0 unspecified atom stereocenters. The molecular weight excluding hydrogens is 304 g/mol. The number of carbonyl (C=O) groups is 1. The second kappa shape index (κ2) is 7.98. The summed E-state index contributed by atoms with van der Waals surface area (Å²) in [6.07, 6.45) is 4.83. The predicted octanol–water partition coefficient (Wildman–Crippen LogP) is 3.15. The maximum atomic E-state index is 12.3. The zero-order chi connectivity index (χ0) is 15.2. The molecule has 21 heavy (non-hydrogen) atoms. The third-order valence-electron chi connectivity index (χ3n) is 3.82. The van der Waals surface area contributed by atoms with Crippen molar-refractivity contribution in [3.63, 3.8) is 0 Å². The predicted molar refractivity (Wildman–Crippen MR) is 89.0 cm³/mol. The van der Waals surface area contributed by atoms with Crippen LogP contribution in [-0.4, -0.2) is 33.9 Å². The molecule has 0 bridgehead atoms. The Bertz CT molecular complexity index is 466. The number of aromatic nitrogens is 2. The average molecular weight is 329 g/mol. The van der Waals surface area contributed by atoms with Gasteiger partial charge in [-0.1, -0.05) is 42.9 Å². The highest BCUT2D eigenvalue weighted by Gasteiger charge is 2.25. The number of rotatable bonds is 6. The van der Waals surface area contributed by atoms with E-state index in [-0.39, 0.29) is 11.2 Å². The van der Waals surface area contributed by atoms with Crippen LogP contribution in [0.3, 0.4) is 0 Å². The fourth-order valence-electron chi connectivity index (χ4n) is 2.52. The van der Waals surface area contributed by atoms with Crippen LogP contribution >= 0.6 is 23.1 Å². The van der Waals surface area contributed by atoms with Crippen molar-refractivity contribution in [2.45, 2.75) is 62.1 Å². The molecule has 2 N–H and O–H groups in total. The molecule has 1 aliphatic rings. The molecule has 1 saturated carbocycles. The molecule has 1 aromatic heterocycles. The molecule has 0 saturated heterocycles. The van der Waals surface area contributed by atoms with Crippen molar-refractivity contribution in [3.05, 3.63) is 0 Å². The van der Waals surface area contributed by atoms with E-state index in [0.717, 1.165) is 22.4 Å². The summed E-state index contributed by atoms with van der Waals surface area (Å²) in [6.45, 7) is 7.02. The van der Waals surface area contributed by atoms with E-state index in [4.69, 9.17) is 0 Å². The first-order chi connectivity index (χ1) is 10.1. The van der Waals surface area contributed by atoms with Crippen LogP contribution in [0, 0.1) is 5.92 Å². The first kappa shape index (κ1) is 16.5. The Morgan fingerprint density at radius 2 is 2.19 bits per heavy atom. The van der Waals surface area contributed by atoms with Crippen molar-refractivity contribution in [2.24, 2.45) is 5.92 Å². The lowest BCUT2D eigenvalue weighted by molar-refractivity contribution is -0.121. The quantitative estimate of drug-likeness (QED) is 0.785. The molecule has 1 heterocycles. The Labute approximate surface area is 134 Å². The van der Waals surface area contributed by atoms with Gasteiger partial charge in [0.15, 0.2) is 4.34 Å². The zero-order valence-electron chi connectivity index (χ0n) is 12.9. The molecule has 1 aliphatic carbocycles. The van der Waals surface area contributed by atoms with Crippen molar-refractivity contribution in [3.8, 4) is 0 Å². The highest BCUT2D eigenvalue weighted by molar-refractivity contribution is 8.02. The molecule has 1 fully saturated rings. The van der Waals surface area contributed by atoms with E-state index in [9.17, 15) is 4.79 Å². The van der Waals surface area contributed by atoms with E-state index >= 15 is 0 Å². The molecule has 0 aromatic carbocycles. The van der Waals surface area contributed by atoms with Crippen molar-refractivity contribution < 1.29 is 4.79 Å². The molecule has 0 aliphatic heterocycles. The molecule has 118 valence electrons. The molecule has 0 radical (unpaired) electrons. The van der Waals surface area contributed by atoms with E-state index < -0.39 is 0 Å². The minimum absolute atomic E-state index is 0.110. The third kappa shape index (κ3) is 4.85. The first-order valence-electron chi connectivity index (χ1n) is 7.64. The molecule has 1 aromatic rings. The summed E-state index contributed by atoms with van der Waals surface area (Å²) in [5.74, 6) is 0.695. The van der Waals surface area contributed by atoms with Gasteiger partial charge >= 0.3 is 0 Å². The molecule has 2 rings (SSSR count). The Balaban J connectivity index is 1.83. The second-order valence-corrected chi connectivity index (χ2v) is 8.11. The summed E-state index contributed by atoms with van der Waals surface area (Å²) in [6, 6.07) is 0.334. The van der Waals surface area contributed by atoms with Gasteiger partial charge in [-0.25, -0.2) is 0 Å². The summed E-state index contributed by atoms with van der Waals surface area (Å²) in [7, 11) is 0. The largest absolute Gasteiger partial charge is 0.360 e. The molecule has 5 nitrogen and oxygen atoms in total. The van der Waals surface area contributed by atoms with Crippen LogP contribution in [0.5, 0.6) is 0 Å². The number of anilines is 1.